The van der Waals surface area contributed by atoms with Crippen molar-refractivity contribution >= 4 is 27.8 Å². The number of para-hydroxylation sites is 1. The highest BCUT2D eigenvalue weighted by atomic mass is 32.2. The number of ether oxygens (including phenoxy) is 1. The molecule has 1 unspecified atom stereocenters. The third-order valence-corrected chi connectivity index (χ3v) is 7.36. The number of alkyl halides is 3. The van der Waals surface area contributed by atoms with Crippen molar-refractivity contribution in [3.8, 4) is 5.75 Å². The highest BCUT2D eigenvalue weighted by Crippen LogP contribution is 2.29. The number of rotatable bonds is 13. The first kappa shape index (κ1) is 29.7. The SMILES string of the molecule is O=C(O)CCc1ccccc1OCCC(O)/C=C/c1cccc(N(CC(F)(F)F)S(=O)(=O)c2ccccc2)c1. The van der Waals surface area contributed by atoms with Gasteiger partial charge in [0, 0.05) is 12.8 Å². The molecule has 0 aliphatic rings. The number of aliphatic carboxylic acids is 1. The number of nitrogens with zero attached hydrogens (tertiary/aromatic N) is 1. The number of aryl methyl sites for hydroxylation is 1. The van der Waals surface area contributed by atoms with E-state index in [1.807, 2.05) is 0 Å². The molecular formula is C28H28F3NO6S. The maximum absolute atomic E-state index is 13.3. The summed E-state index contributed by atoms with van der Waals surface area (Å²) in [7, 11) is -4.50. The molecule has 0 saturated heterocycles. The number of hydrogen-bond donors (Lipinski definition) is 2. The van der Waals surface area contributed by atoms with E-state index in [2.05, 4.69) is 0 Å². The standard InChI is InChI=1S/C28H28F3NO6S/c29-28(30,31)20-32(39(36,37)25-10-2-1-3-11-25)23-9-6-7-21(19-23)13-15-24(33)17-18-38-26-12-5-4-8-22(26)14-16-27(34)35/h1-13,15,19,24,33H,14,16-18,20H2,(H,34,35)/b15-13+. The number of aliphatic hydroxyl groups excluding tert-OH is 1. The van der Waals surface area contributed by atoms with Gasteiger partial charge in [0.1, 0.15) is 12.3 Å². The number of halogens is 3. The Balaban J connectivity index is 1.69. The zero-order chi connectivity index (χ0) is 28.5. The fourth-order valence-corrected chi connectivity index (χ4v) is 5.14. The maximum atomic E-state index is 13.3. The number of carbonyl (C=O) groups is 1. The van der Waals surface area contributed by atoms with Crippen molar-refractivity contribution in [1.29, 1.82) is 0 Å². The predicted molar refractivity (Wildman–Crippen MR) is 141 cm³/mol. The molecule has 3 aromatic carbocycles. The molecule has 2 N–H and O–H groups in total. The predicted octanol–water partition coefficient (Wildman–Crippen LogP) is 5.30. The topological polar surface area (TPSA) is 104 Å². The van der Waals surface area contributed by atoms with Crippen molar-refractivity contribution in [2.24, 2.45) is 0 Å². The lowest BCUT2D eigenvalue weighted by Gasteiger charge is -2.26. The van der Waals surface area contributed by atoms with E-state index >= 15 is 0 Å². The van der Waals surface area contributed by atoms with Crippen LogP contribution in [0, 0.1) is 0 Å². The lowest BCUT2D eigenvalue weighted by atomic mass is 10.1. The van der Waals surface area contributed by atoms with Crippen molar-refractivity contribution in [1.82, 2.24) is 0 Å². The third-order valence-electron chi connectivity index (χ3n) is 5.58. The number of carboxylic acid groups (broad SMARTS) is 1. The molecule has 0 amide bonds. The molecule has 0 bridgehead atoms. The zero-order valence-corrected chi connectivity index (χ0v) is 21.6. The van der Waals surface area contributed by atoms with Crippen molar-refractivity contribution in [2.75, 3.05) is 17.5 Å². The van der Waals surface area contributed by atoms with Gasteiger partial charge in [-0.05, 0) is 47.9 Å². The van der Waals surface area contributed by atoms with Crippen LogP contribution in [0.3, 0.4) is 0 Å². The van der Waals surface area contributed by atoms with Crippen LogP contribution in [0.1, 0.15) is 24.0 Å². The van der Waals surface area contributed by atoms with Gasteiger partial charge in [-0.1, -0.05) is 60.7 Å². The van der Waals surface area contributed by atoms with Crippen molar-refractivity contribution in [3.63, 3.8) is 0 Å². The second-order valence-electron chi connectivity index (χ2n) is 8.60. The third kappa shape index (κ3) is 9.15. The summed E-state index contributed by atoms with van der Waals surface area (Å²) in [5, 5.41) is 19.2. The van der Waals surface area contributed by atoms with Gasteiger partial charge in [-0.25, -0.2) is 8.42 Å². The summed E-state index contributed by atoms with van der Waals surface area (Å²) < 4.78 is 72.1. The van der Waals surface area contributed by atoms with Crippen LogP contribution in [-0.4, -0.2) is 50.0 Å². The largest absolute Gasteiger partial charge is 0.493 e. The molecule has 11 heteroatoms. The van der Waals surface area contributed by atoms with E-state index in [0.29, 0.717) is 22.0 Å². The second kappa shape index (κ2) is 13.3. The number of benzene rings is 3. The van der Waals surface area contributed by atoms with Crippen LogP contribution in [-0.2, 0) is 21.2 Å². The summed E-state index contributed by atoms with van der Waals surface area (Å²) in [5.74, 6) is -0.402. The lowest BCUT2D eigenvalue weighted by Crippen LogP contribution is -2.39. The highest BCUT2D eigenvalue weighted by Gasteiger charge is 2.37. The van der Waals surface area contributed by atoms with Crippen LogP contribution in [0.2, 0.25) is 0 Å². The molecule has 0 aliphatic heterocycles. The van der Waals surface area contributed by atoms with Gasteiger partial charge in [-0.3, -0.25) is 9.10 Å². The molecule has 0 aromatic heterocycles. The molecule has 0 aliphatic carbocycles. The van der Waals surface area contributed by atoms with Gasteiger partial charge < -0.3 is 14.9 Å². The van der Waals surface area contributed by atoms with E-state index in [9.17, 15) is 31.5 Å². The fraction of sp³-hybridized carbons (Fsp3) is 0.250. The van der Waals surface area contributed by atoms with Crippen LogP contribution in [0.15, 0.2) is 89.8 Å². The molecule has 0 heterocycles. The molecule has 0 radical (unpaired) electrons. The van der Waals surface area contributed by atoms with Crippen LogP contribution >= 0.6 is 0 Å². The van der Waals surface area contributed by atoms with Gasteiger partial charge in [0.15, 0.2) is 0 Å². The summed E-state index contributed by atoms with van der Waals surface area (Å²) in [4.78, 5) is 10.6. The summed E-state index contributed by atoms with van der Waals surface area (Å²) in [5.41, 5.74) is 0.951. The Morgan fingerprint density at radius 1 is 1.00 bits per heavy atom. The van der Waals surface area contributed by atoms with Gasteiger partial charge in [0.25, 0.3) is 10.0 Å². The minimum atomic E-state index is -4.78. The Morgan fingerprint density at radius 2 is 1.69 bits per heavy atom. The molecule has 1 atom stereocenters. The number of sulfonamides is 1. The van der Waals surface area contributed by atoms with Crippen LogP contribution in [0.5, 0.6) is 5.75 Å². The zero-order valence-electron chi connectivity index (χ0n) is 20.8. The van der Waals surface area contributed by atoms with E-state index in [4.69, 9.17) is 9.84 Å². The molecule has 3 rings (SSSR count). The Labute approximate surface area is 224 Å². The molecule has 39 heavy (non-hydrogen) atoms. The summed E-state index contributed by atoms with van der Waals surface area (Å²) >= 11 is 0. The summed E-state index contributed by atoms with van der Waals surface area (Å²) in [6.07, 6.45) is -2.39. The molecule has 0 fully saturated rings. The average Bonchev–Trinajstić information content (AvgIpc) is 2.90. The first-order valence-electron chi connectivity index (χ1n) is 12.0. The lowest BCUT2D eigenvalue weighted by molar-refractivity contribution is -0.137. The minimum absolute atomic E-state index is 0.0438. The van der Waals surface area contributed by atoms with Gasteiger partial charge in [0.2, 0.25) is 0 Å². The molecule has 0 saturated carbocycles. The van der Waals surface area contributed by atoms with E-state index in [0.717, 1.165) is 5.56 Å². The summed E-state index contributed by atoms with van der Waals surface area (Å²) in [6, 6.07) is 19.5. The fourth-order valence-electron chi connectivity index (χ4n) is 3.68. The Morgan fingerprint density at radius 3 is 2.38 bits per heavy atom. The number of carboxylic acids is 1. The van der Waals surface area contributed by atoms with Gasteiger partial charge in [0.05, 0.1) is 23.3 Å². The molecule has 0 spiro atoms. The van der Waals surface area contributed by atoms with Crippen molar-refractivity contribution in [3.05, 3.63) is 96.1 Å². The van der Waals surface area contributed by atoms with E-state index < -0.39 is 34.8 Å². The van der Waals surface area contributed by atoms with Crippen molar-refractivity contribution < 1.29 is 41.3 Å². The Bertz CT molecular complexity index is 1380. The average molecular weight is 564 g/mol. The van der Waals surface area contributed by atoms with E-state index in [-0.39, 0.29) is 30.0 Å². The molecule has 208 valence electrons. The number of hydrogen-bond acceptors (Lipinski definition) is 5. The van der Waals surface area contributed by atoms with Gasteiger partial charge in [-0.15, -0.1) is 0 Å². The van der Waals surface area contributed by atoms with Gasteiger partial charge >= 0.3 is 12.1 Å². The Kier molecular flexibility index (Phi) is 10.1. The normalized spacial score (nSPS) is 12.8. The smallest absolute Gasteiger partial charge is 0.407 e. The Hall–Kier alpha value is -3.83. The van der Waals surface area contributed by atoms with Crippen LogP contribution in [0.4, 0.5) is 18.9 Å². The number of anilines is 1. The van der Waals surface area contributed by atoms with Crippen LogP contribution in [0.25, 0.3) is 6.08 Å². The second-order valence-corrected chi connectivity index (χ2v) is 10.5. The molecule has 3 aromatic rings. The first-order valence-corrected chi connectivity index (χ1v) is 13.4. The molecule has 7 nitrogen and oxygen atoms in total. The van der Waals surface area contributed by atoms with Crippen LogP contribution < -0.4 is 9.04 Å². The van der Waals surface area contributed by atoms with E-state index in [1.165, 1.54) is 54.6 Å². The highest BCUT2D eigenvalue weighted by molar-refractivity contribution is 7.92. The first-order chi connectivity index (χ1) is 18.5. The quantitative estimate of drug-likeness (QED) is 0.292. The summed E-state index contributed by atoms with van der Waals surface area (Å²) in [6.45, 7) is -1.57. The number of aliphatic hydroxyl groups is 1. The van der Waals surface area contributed by atoms with Crippen molar-refractivity contribution in [2.45, 2.75) is 36.4 Å². The van der Waals surface area contributed by atoms with E-state index in [1.54, 1.807) is 36.4 Å². The maximum Gasteiger partial charge on any atom is 0.407 e. The van der Waals surface area contributed by atoms with Gasteiger partial charge in [-0.2, -0.15) is 13.2 Å². The molecular weight excluding hydrogens is 535 g/mol. The monoisotopic (exact) mass is 563 g/mol. The minimum Gasteiger partial charge on any atom is -0.493 e.